The van der Waals surface area contributed by atoms with E-state index < -0.39 is 0 Å². The lowest BCUT2D eigenvalue weighted by Gasteiger charge is -2.31. The van der Waals surface area contributed by atoms with Crippen LogP contribution >= 0.6 is 23.2 Å². The van der Waals surface area contributed by atoms with Crippen LogP contribution in [-0.2, 0) is 11.2 Å². The first-order chi connectivity index (χ1) is 11.6. The zero-order chi connectivity index (χ0) is 17.4. The fraction of sp³-hybridized carbons (Fsp3) is 0.611. The minimum Gasteiger partial charge on any atom is -0.355 e. The van der Waals surface area contributed by atoms with Crippen LogP contribution in [0, 0.1) is 5.92 Å². The molecule has 1 amide bonds. The monoisotopic (exact) mass is 371 g/mol. The quantitative estimate of drug-likeness (QED) is 0.738. The van der Waals surface area contributed by atoms with Gasteiger partial charge < -0.3 is 10.6 Å². The Morgan fingerprint density at radius 2 is 2.00 bits per heavy atom. The number of likely N-dealkylation sites (tertiary alicyclic amines) is 1. The second-order valence-corrected chi connectivity index (χ2v) is 7.21. The molecule has 1 saturated heterocycles. The second kappa shape index (κ2) is 10.2. The molecule has 1 aliphatic rings. The number of halogens is 2. The van der Waals surface area contributed by atoms with Crippen molar-refractivity contribution in [3.8, 4) is 0 Å². The minimum atomic E-state index is 0.0850. The Kier molecular flexibility index (Phi) is 8.33. The zero-order valence-corrected chi connectivity index (χ0v) is 15.8. The highest BCUT2D eigenvalue weighted by Gasteiger charge is 2.20. The fourth-order valence-electron chi connectivity index (χ4n) is 3.12. The minimum absolute atomic E-state index is 0.0850. The van der Waals surface area contributed by atoms with Crippen LogP contribution < -0.4 is 10.6 Å². The average molecular weight is 372 g/mol. The average Bonchev–Trinajstić information content (AvgIpc) is 2.58. The first-order valence-corrected chi connectivity index (χ1v) is 9.42. The number of carbonyl (C=O) groups excluding carboxylic acids is 1. The van der Waals surface area contributed by atoms with Crippen LogP contribution in [0.15, 0.2) is 18.2 Å². The lowest BCUT2D eigenvalue weighted by Crippen LogP contribution is -2.42. The van der Waals surface area contributed by atoms with Crippen LogP contribution in [0.25, 0.3) is 0 Å². The van der Waals surface area contributed by atoms with Gasteiger partial charge in [0, 0.05) is 6.54 Å². The van der Waals surface area contributed by atoms with Gasteiger partial charge in [0.2, 0.25) is 5.91 Å². The molecule has 134 valence electrons. The fourth-order valence-corrected chi connectivity index (χ4v) is 3.53. The molecule has 0 spiro atoms. The van der Waals surface area contributed by atoms with E-state index in [-0.39, 0.29) is 5.91 Å². The smallest absolute Gasteiger partial charge is 0.234 e. The second-order valence-electron chi connectivity index (χ2n) is 6.42. The maximum Gasteiger partial charge on any atom is 0.234 e. The number of nitrogens with one attached hydrogen (secondary N) is 2. The topological polar surface area (TPSA) is 44.4 Å². The molecule has 0 aliphatic carbocycles. The standard InChI is InChI=1S/C18H27Cl2N3O/c1-21-9-5-14-7-11-23(12-8-14)13-17(24)22-10-6-15-3-2-4-16(19)18(15)20/h2-4,14,21H,5-13H2,1H3,(H,22,24). The third-order valence-corrected chi connectivity index (χ3v) is 5.48. The van der Waals surface area contributed by atoms with E-state index in [0.29, 0.717) is 29.6 Å². The molecule has 24 heavy (non-hydrogen) atoms. The lowest BCUT2D eigenvalue weighted by molar-refractivity contribution is -0.122. The highest BCUT2D eigenvalue weighted by Crippen LogP contribution is 2.25. The first kappa shape index (κ1) is 19.5. The van der Waals surface area contributed by atoms with Crippen molar-refractivity contribution in [2.75, 3.05) is 39.8 Å². The number of nitrogens with zero attached hydrogens (tertiary/aromatic N) is 1. The zero-order valence-electron chi connectivity index (χ0n) is 14.3. The van der Waals surface area contributed by atoms with Crippen molar-refractivity contribution < 1.29 is 4.79 Å². The Hall–Kier alpha value is -0.810. The van der Waals surface area contributed by atoms with Crippen molar-refractivity contribution in [3.63, 3.8) is 0 Å². The van der Waals surface area contributed by atoms with Crippen molar-refractivity contribution >= 4 is 29.1 Å². The van der Waals surface area contributed by atoms with Gasteiger partial charge >= 0.3 is 0 Å². The number of benzene rings is 1. The molecule has 1 fully saturated rings. The van der Waals surface area contributed by atoms with E-state index in [1.807, 2.05) is 19.2 Å². The van der Waals surface area contributed by atoms with Crippen LogP contribution in [0.4, 0.5) is 0 Å². The summed E-state index contributed by atoms with van der Waals surface area (Å²) < 4.78 is 0. The summed E-state index contributed by atoms with van der Waals surface area (Å²) in [7, 11) is 2.00. The number of hydrogen-bond acceptors (Lipinski definition) is 3. The first-order valence-electron chi connectivity index (χ1n) is 8.66. The van der Waals surface area contributed by atoms with E-state index in [1.165, 1.54) is 19.3 Å². The van der Waals surface area contributed by atoms with Crippen LogP contribution in [0.1, 0.15) is 24.8 Å². The molecular weight excluding hydrogens is 345 g/mol. The highest BCUT2D eigenvalue weighted by atomic mass is 35.5. The maximum atomic E-state index is 12.1. The number of piperidine rings is 1. The molecule has 2 N–H and O–H groups in total. The number of rotatable bonds is 8. The summed E-state index contributed by atoms with van der Waals surface area (Å²) in [6, 6.07) is 5.59. The van der Waals surface area contributed by atoms with E-state index in [2.05, 4.69) is 15.5 Å². The van der Waals surface area contributed by atoms with Crippen molar-refractivity contribution in [1.29, 1.82) is 0 Å². The van der Waals surface area contributed by atoms with E-state index in [9.17, 15) is 4.79 Å². The molecule has 0 atom stereocenters. The van der Waals surface area contributed by atoms with Gasteiger partial charge in [0.05, 0.1) is 16.6 Å². The van der Waals surface area contributed by atoms with Crippen molar-refractivity contribution in [2.24, 2.45) is 5.92 Å². The summed E-state index contributed by atoms with van der Waals surface area (Å²) in [5.74, 6) is 0.878. The molecule has 0 saturated carbocycles. The van der Waals surface area contributed by atoms with E-state index in [0.717, 1.165) is 31.1 Å². The Labute approximate surface area is 154 Å². The SMILES string of the molecule is CNCCC1CCN(CC(=O)NCCc2cccc(Cl)c2Cl)CC1. The number of hydrogen-bond donors (Lipinski definition) is 2. The van der Waals surface area contributed by atoms with Gasteiger partial charge in [-0.3, -0.25) is 9.69 Å². The third kappa shape index (κ3) is 6.25. The Morgan fingerprint density at radius 3 is 2.71 bits per heavy atom. The Morgan fingerprint density at radius 1 is 1.25 bits per heavy atom. The Balaban J connectivity index is 1.64. The summed E-state index contributed by atoms with van der Waals surface area (Å²) in [4.78, 5) is 14.3. The van der Waals surface area contributed by atoms with Gasteiger partial charge in [-0.15, -0.1) is 0 Å². The molecule has 2 rings (SSSR count). The van der Waals surface area contributed by atoms with Crippen molar-refractivity contribution in [3.05, 3.63) is 33.8 Å². The van der Waals surface area contributed by atoms with Crippen LogP contribution in [0.2, 0.25) is 10.0 Å². The predicted molar refractivity (Wildman–Crippen MR) is 101 cm³/mol. The van der Waals surface area contributed by atoms with Crippen molar-refractivity contribution in [1.82, 2.24) is 15.5 Å². The summed E-state index contributed by atoms with van der Waals surface area (Å²) in [6.45, 7) is 4.18. The summed E-state index contributed by atoms with van der Waals surface area (Å²) in [5.41, 5.74) is 0.967. The normalized spacial score (nSPS) is 16.3. The third-order valence-electron chi connectivity index (χ3n) is 4.63. The highest BCUT2D eigenvalue weighted by molar-refractivity contribution is 6.42. The summed E-state index contributed by atoms with van der Waals surface area (Å²) >= 11 is 12.2. The molecular formula is C18H27Cl2N3O. The molecule has 1 aromatic rings. The van der Waals surface area contributed by atoms with E-state index in [1.54, 1.807) is 6.07 Å². The predicted octanol–water partition coefficient (Wildman–Crippen LogP) is 2.97. The summed E-state index contributed by atoms with van der Waals surface area (Å²) in [6.07, 6.45) is 4.30. The molecule has 1 aromatic carbocycles. The van der Waals surface area contributed by atoms with E-state index in [4.69, 9.17) is 23.2 Å². The molecule has 1 heterocycles. The van der Waals surface area contributed by atoms with Gasteiger partial charge in [0.1, 0.15) is 0 Å². The lowest BCUT2D eigenvalue weighted by atomic mass is 9.93. The molecule has 4 nitrogen and oxygen atoms in total. The summed E-state index contributed by atoms with van der Waals surface area (Å²) in [5, 5.41) is 7.32. The number of amides is 1. The maximum absolute atomic E-state index is 12.1. The van der Waals surface area contributed by atoms with Gasteiger partial charge in [0.25, 0.3) is 0 Å². The molecule has 0 aromatic heterocycles. The van der Waals surface area contributed by atoms with E-state index >= 15 is 0 Å². The molecule has 0 radical (unpaired) electrons. The van der Waals surface area contributed by atoms with Gasteiger partial charge in [-0.25, -0.2) is 0 Å². The van der Waals surface area contributed by atoms with Crippen LogP contribution in [0.5, 0.6) is 0 Å². The van der Waals surface area contributed by atoms with Gasteiger partial charge in [0.15, 0.2) is 0 Å². The molecule has 1 aliphatic heterocycles. The van der Waals surface area contributed by atoms with Gasteiger partial charge in [-0.05, 0) is 69.9 Å². The molecule has 0 bridgehead atoms. The van der Waals surface area contributed by atoms with Crippen LogP contribution in [-0.4, -0.2) is 50.6 Å². The number of carbonyl (C=O) groups is 1. The van der Waals surface area contributed by atoms with Gasteiger partial charge in [-0.2, -0.15) is 0 Å². The molecule has 6 heteroatoms. The Bertz CT molecular complexity index is 531. The largest absolute Gasteiger partial charge is 0.355 e. The van der Waals surface area contributed by atoms with Crippen molar-refractivity contribution in [2.45, 2.75) is 25.7 Å². The van der Waals surface area contributed by atoms with Crippen LogP contribution in [0.3, 0.4) is 0 Å². The van der Waals surface area contributed by atoms with Gasteiger partial charge in [-0.1, -0.05) is 35.3 Å². The molecule has 0 unspecified atom stereocenters.